The number of hydrogen-bond acceptors (Lipinski definition) is 6. The Kier molecular flexibility index (Phi) is 5.73. The number of hydrogen-bond donors (Lipinski definition) is 3. The highest BCUT2D eigenvalue weighted by Gasteiger charge is 2.21. The molecule has 0 atom stereocenters. The number of carbonyl (C=O) groups excluding carboxylic acids is 1. The summed E-state index contributed by atoms with van der Waals surface area (Å²) in [5.41, 5.74) is 5.20. The summed E-state index contributed by atoms with van der Waals surface area (Å²) >= 11 is 0. The molecular formula is C12H18N4O4. The Hall–Kier alpha value is -2.35. The fraction of sp³-hybridized carbons (Fsp3) is 0.417. The Morgan fingerprint density at radius 2 is 2.15 bits per heavy atom. The molecule has 1 aromatic carbocycles. The predicted molar refractivity (Wildman–Crippen MR) is 75.2 cm³/mol. The van der Waals surface area contributed by atoms with Crippen LogP contribution in [0.1, 0.15) is 16.8 Å². The molecule has 0 saturated carbocycles. The molecule has 0 heterocycles. The quantitative estimate of drug-likeness (QED) is 0.367. The van der Waals surface area contributed by atoms with Crippen LogP contribution in [0.2, 0.25) is 0 Å². The smallest absolute Gasteiger partial charge is 0.296 e. The number of nitro benzene ring substituents is 1. The number of methoxy groups -OCH3 is 1. The number of amides is 1. The van der Waals surface area contributed by atoms with Crippen LogP contribution in [-0.4, -0.2) is 38.1 Å². The van der Waals surface area contributed by atoms with Crippen LogP contribution in [0, 0.1) is 10.1 Å². The van der Waals surface area contributed by atoms with Crippen molar-refractivity contribution >= 4 is 17.3 Å². The lowest BCUT2D eigenvalue weighted by Crippen LogP contribution is -2.15. The third-order valence-electron chi connectivity index (χ3n) is 2.69. The van der Waals surface area contributed by atoms with Gasteiger partial charge in [-0.1, -0.05) is 0 Å². The van der Waals surface area contributed by atoms with Crippen molar-refractivity contribution in [1.29, 1.82) is 0 Å². The van der Waals surface area contributed by atoms with E-state index >= 15 is 0 Å². The number of nitro groups is 1. The topological polar surface area (TPSA) is 120 Å². The Bertz CT molecular complexity index is 504. The number of rotatable bonds is 8. The highest BCUT2D eigenvalue weighted by Crippen LogP contribution is 2.35. The normalized spacial score (nSPS) is 10.1. The zero-order chi connectivity index (χ0) is 15.1. The second kappa shape index (κ2) is 7.29. The maximum absolute atomic E-state index is 11.2. The van der Waals surface area contributed by atoms with Crippen LogP contribution in [0.25, 0.3) is 0 Å². The average molecular weight is 282 g/mol. The minimum Gasteiger partial charge on any atom is -0.494 e. The van der Waals surface area contributed by atoms with E-state index < -0.39 is 10.8 Å². The van der Waals surface area contributed by atoms with Crippen LogP contribution in [0.3, 0.4) is 0 Å². The molecular weight excluding hydrogens is 264 g/mol. The number of anilines is 1. The summed E-state index contributed by atoms with van der Waals surface area (Å²) in [5.74, 6) is -0.523. The minimum atomic E-state index is -0.742. The molecule has 20 heavy (non-hydrogen) atoms. The maximum atomic E-state index is 11.2. The number of nitrogens with two attached hydrogens (primary N) is 1. The van der Waals surface area contributed by atoms with E-state index in [4.69, 9.17) is 10.5 Å². The van der Waals surface area contributed by atoms with E-state index in [9.17, 15) is 14.9 Å². The lowest BCUT2D eigenvalue weighted by molar-refractivity contribution is -0.384. The number of primary amides is 1. The van der Waals surface area contributed by atoms with Gasteiger partial charge in [0.1, 0.15) is 5.75 Å². The maximum Gasteiger partial charge on any atom is 0.296 e. The van der Waals surface area contributed by atoms with Gasteiger partial charge in [0, 0.05) is 18.2 Å². The summed E-state index contributed by atoms with van der Waals surface area (Å²) in [6.45, 7) is 1.32. The molecule has 0 aromatic heterocycles. The summed E-state index contributed by atoms with van der Waals surface area (Å²) in [6.07, 6.45) is 0.786. The van der Waals surface area contributed by atoms with Gasteiger partial charge in [0.05, 0.1) is 12.0 Å². The van der Waals surface area contributed by atoms with E-state index in [0.29, 0.717) is 6.54 Å². The van der Waals surface area contributed by atoms with Gasteiger partial charge in [0.25, 0.3) is 5.69 Å². The van der Waals surface area contributed by atoms with Crippen molar-refractivity contribution in [2.24, 2.45) is 5.73 Å². The van der Waals surface area contributed by atoms with Crippen LogP contribution in [-0.2, 0) is 0 Å². The number of nitrogens with zero attached hydrogens (tertiary/aromatic N) is 1. The van der Waals surface area contributed by atoms with Gasteiger partial charge < -0.3 is 21.1 Å². The van der Waals surface area contributed by atoms with Gasteiger partial charge in [-0.3, -0.25) is 14.9 Å². The Balaban J connectivity index is 3.11. The van der Waals surface area contributed by atoms with Gasteiger partial charge >= 0.3 is 0 Å². The highest BCUT2D eigenvalue weighted by atomic mass is 16.6. The van der Waals surface area contributed by atoms with Gasteiger partial charge in [0.2, 0.25) is 5.91 Å². The Labute approximate surface area is 116 Å². The first-order valence-electron chi connectivity index (χ1n) is 6.06. The van der Waals surface area contributed by atoms with Crippen molar-refractivity contribution in [3.05, 3.63) is 27.8 Å². The average Bonchev–Trinajstić information content (AvgIpc) is 2.42. The third-order valence-corrected chi connectivity index (χ3v) is 2.69. The lowest BCUT2D eigenvalue weighted by Gasteiger charge is -2.12. The van der Waals surface area contributed by atoms with E-state index in [1.54, 1.807) is 0 Å². The fourth-order valence-corrected chi connectivity index (χ4v) is 1.70. The van der Waals surface area contributed by atoms with Crippen molar-refractivity contribution < 1.29 is 14.5 Å². The number of nitrogens with one attached hydrogen (secondary N) is 2. The van der Waals surface area contributed by atoms with Crippen LogP contribution in [0.15, 0.2) is 12.1 Å². The van der Waals surface area contributed by atoms with E-state index in [1.165, 1.54) is 13.2 Å². The molecule has 1 aromatic rings. The zero-order valence-electron chi connectivity index (χ0n) is 11.4. The van der Waals surface area contributed by atoms with Crippen molar-refractivity contribution in [1.82, 2.24) is 5.32 Å². The minimum absolute atomic E-state index is 0.0364. The summed E-state index contributed by atoms with van der Waals surface area (Å²) in [5, 5.41) is 17.0. The molecule has 0 radical (unpaired) electrons. The van der Waals surface area contributed by atoms with E-state index in [2.05, 4.69) is 10.6 Å². The van der Waals surface area contributed by atoms with Crippen LogP contribution in [0.5, 0.6) is 5.75 Å². The first-order chi connectivity index (χ1) is 9.51. The molecule has 0 aliphatic heterocycles. The molecule has 0 aliphatic carbocycles. The molecule has 0 fully saturated rings. The molecule has 0 unspecified atom stereocenters. The standard InChI is InChI=1S/C12H18N4O4/c1-14-4-3-5-15-11-9(16(18)19)6-8(12(13)17)7-10(11)20-2/h6-7,14-15H,3-5H2,1-2H3,(H2,13,17). The first kappa shape index (κ1) is 15.7. The summed E-state index contributed by atoms with van der Waals surface area (Å²) in [7, 11) is 3.20. The number of ether oxygens (including phenoxy) is 1. The van der Waals surface area contributed by atoms with E-state index in [-0.39, 0.29) is 22.7 Å². The van der Waals surface area contributed by atoms with Crippen molar-refractivity contribution in [3.8, 4) is 5.75 Å². The van der Waals surface area contributed by atoms with Gasteiger partial charge in [-0.25, -0.2) is 0 Å². The lowest BCUT2D eigenvalue weighted by atomic mass is 10.1. The second-order valence-electron chi connectivity index (χ2n) is 4.08. The van der Waals surface area contributed by atoms with E-state index in [0.717, 1.165) is 19.0 Å². The molecule has 4 N–H and O–H groups in total. The highest BCUT2D eigenvalue weighted by molar-refractivity contribution is 5.95. The van der Waals surface area contributed by atoms with Crippen molar-refractivity contribution in [3.63, 3.8) is 0 Å². The van der Waals surface area contributed by atoms with Gasteiger partial charge in [-0.2, -0.15) is 0 Å². The molecule has 0 bridgehead atoms. The van der Waals surface area contributed by atoms with Crippen molar-refractivity contribution in [2.75, 3.05) is 32.6 Å². The molecule has 8 heteroatoms. The molecule has 110 valence electrons. The fourth-order valence-electron chi connectivity index (χ4n) is 1.70. The predicted octanol–water partition coefficient (Wildman–Crippen LogP) is 0.724. The SMILES string of the molecule is CNCCCNc1c(OC)cc(C(N)=O)cc1[N+](=O)[O-]. The second-order valence-corrected chi connectivity index (χ2v) is 4.08. The summed E-state index contributed by atoms with van der Waals surface area (Å²) < 4.78 is 5.09. The molecule has 8 nitrogen and oxygen atoms in total. The van der Waals surface area contributed by atoms with Crippen LogP contribution < -0.4 is 21.1 Å². The molecule has 1 rings (SSSR count). The van der Waals surface area contributed by atoms with Crippen LogP contribution in [0.4, 0.5) is 11.4 Å². The van der Waals surface area contributed by atoms with Gasteiger partial charge in [0.15, 0.2) is 5.69 Å². The Morgan fingerprint density at radius 1 is 1.45 bits per heavy atom. The summed E-state index contributed by atoms with van der Waals surface area (Å²) in [4.78, 5) is 21.7. The molecule has 1 amide bonds. The van der Waals surface area contributed by atoms with Gasteiger partial charge in [-0.15, -0.1) is 0 Å². The number of carbonyl (C=O) groups is 1. The molecule has 0 spiro atoms. The monoisotopic (exact) mass is 282 g/mol. The summed E-state index contributed by atoms with van der Waals surface area (Å²) in [6, 6.07) is 2.53. The van der Waals surface area contributed by atoms with E-state index in [1.807, 2.05) is 7.05 Å². The molecule has 0 saturated heterocycles. The van der Waals surface area contributed by atoms with Gasteiger partial charge in [-0.05, 0) is 26.1 Å². The third kappa shape index (κ3) is 3.82. The number of benzene rings is 1. The zero-order valence-corrected chi connectivity index (χ0v) is 11.4. The van der Waals surface area contributed by atoms with Crippen LogP contribution >= 0.6 is 0 Å². The largest absolute Gasteiger partial charge is 0.494 e. The molecule has 0 aliphatic rings. The first-order valence-corrected chi connectivity index (χ1v) is 6.06. The van der Waals surface area contributed by atoms with Crippen molar-refractivity contribution in [2.45, 2.75) is 6.42 Å². The Morgan fingerprint density at radius 3 is 2.65 bits per heavy atom.